The highest BCUT2D eigenvalue weighted by Gasteiger charge is 2.17. The third-order valence-electron chi connectivity index (χ3n) is 1.62. The second-order valence-electron chi connectivity index (χ2n) is 3.24. The Morgan fingerprint density at radius 2 is 2.00 bits per heavy atom. The average molecular weight is 196 g/mol. The fourth-order valence-electron chi connectivity index (χ4n) is 1.11. The molecule has 0 unspecified atom stereocenters. The Balaban J connectivity index is 0. The van der Waals surface area contributed by atoms with Crippen LogP contribution in [0, 0.1) is 11.8 Å². The first-order valence-electron chi connectivity index (χ1n) is 4.00. The smallest absolute Gasteiger partial charge is 0.306 e. The SMILES string of the molecule is CC(C)C[C@@H](CCN)C(=O)O.Cl. The van der Waals surface area contributed by atoms with Crippen molar-refractivity contribution in [2.45, 2.75) is 26.7 Å². The zero-order valence-electron chi connectivity index (χ0n) is 7.62. The average Bonchev–Trinajstić information content (AvgIpc) is 1.86. The Hall–Kier alpha value is -0.280. The summed E-state index contributed by atoms with van der Waals surface area (Å²) in [7, 11) is 0. The van der Waals surface area contributed by atoms with Crippen LogP contribution in [0.15, 0.2) is 0 Å². The highest BCUT2D eigenvalue weighted by Crippen LogP contribution is 2.14. The Morgan fingerprint density at radius 3 is 2.25 bits per heavy atom. The summed E-state index contributed by atoms with van der Waals surface area (Å²) in [4.78, 5) is 10.6. The van der Waals surface area contributed by atoms with Gasteiger partial charge < -0.3 is 10.8 Å². The molecule has 0 rings (SSSR count). The normalized spacial score (nSPS) is 12.3. The molecule has 1 atom stereocenters. The van der Waals surface area contributed by atoms with Gasteiger partial charge in [-0.15, -0.1) is 12.4 Å². The van der Waals surface area contributed by atoms with Crippen molar-refractivity contribution in [3.63, 3.8) is 0 Å². The molecule has 0 aromatic heterocycles. The Morgan fingerprint density at radius 1 is 1.50 bits per heavy atom. The van der Waals surface area contributed by atoms with Gasteiger partial charge in [0.05, 0.1) is 5.92 Å². The van der Waals surface area contributed by atoms with Crippen molar-refractivity contribution in [2.24, 2.45) is 17.6 Å². The lowest BCUT2D eigenvalue weighted by Crippen LogP contribution is -2.19. The molecule has 0 spiro atoms. The molecule has 4 heteroatoms. The molecule has 3 nitrogen and oxygen atoms in total. The summed E-state index contributed by atoms with van der Waals surface area (Å²) in [6, 6.07) is 0. The van der Waals surface area contributed by atoms with Crippen LogP contribution < -0.4 is 5.73 Å². The molecule has 0 saturated heterocycles. The van der Waals surface area contributed by atoms with Gasteiger partial charge in [0.15, 0.2) is 0 Å². The minimum absolute atomic E-state index is 0. The Kier molecular flexibility index (Phi) is 8.76. The number of hydrogen-bond acceptors (Lipinski definition) is 2. The molecule has 74 valence electrons. The van der Waals surface area contributed by atoms with E-state index in [2.05, 4.69) is 0 Å². The van der Waals surface area contributed by atoms with Gasteiger partial charge in [0, 0.05) is 0 Å². The highest BCUT2D eigenvalue weighted by atomic mass is 35.5. The number of aliphatic carboxylic acids is 1. The lowest BCUT2D eigenvalue weighted by Gasteiger charge is -2.12. The van der Waals surface area contributed by atoms with Gasteiger partial charge in [0.1, 0.15) is 0 Å². The number of carbonyl (C=O) groups is 1. The molecule has 0 heterocycles. The second-order valence-corrected chi connectivity index (χ2v) is 3.24. The first kappa shape index (κ1) is 14.3. The third-order valence-corrected chi connectivity index (χ3v) is 1.62. The van der Waals surface area contributed by atoms with Gasteiger partial charge in [0.2, 0.25) is 0 Å². The third kappa shape index (κ3) is 6.43. The van der Waals surface area contributed by atoms with Crippen molar-refractivity contribution >= 4 is 18.4 Å². The van der Waals surface area contributed by atoms with E-state index in [-0.39, 0.29) is 18.3 Å². The number of carboxylic acids is 1. The molecule has 0 aliphatic heterocycles. The van der Waals surface area contributed by atoms with E-state index in [1.54, 1.807) is 0 Å². The van der Waals surface area contributed by atoms with Gasteiger partial charge in [-0.25, -0.2) is 0 Å². The molecule has 3 N–H and O–H groups in total. The van der Waals surface area contributed by atoms with Gasteiger partial charge in [0.25, 0.3) is 0 Å². The van der Waals surface area contributed by atoms with E-state index in [0.717, 1.165) is 6.42 Å². The summed E-state index contributed by atoms with van der Waals surface area (Å²) in [6.45, 7) is 4.50. The summed E-state index contributed by atoms with van der Waals surface area (Å²) >= 11 is 0. The van der Waals surface area contributed by atoms with E-state index in [9.17, 15) is 4.79 Å². The Labute approximate surface area is 79.7 Å². The molecule has 0 aromatic rings. The molecule has 12 heavy (non-hydrogen) atoms. The van der Waals surface area contributed by atoms with Crippen LogP contribution in [0.4, 0.5) is 0 Å². The molecule has 0 radical (unpaired) electrons. The van der Waals surface area contributed by atoms with Crippen LogP contribution in [0.1, 0.15) is 26.7 Å². The van der Waals surface area contributed by atoms with Gasteiger partial charge in [-0.05, 0) is 25.3 Å². The summed E-state index contributed by atoms with van der Waals surface area (Å²) in [5, 5.41) is 8.70. The largest absolute Gasteiger partial charge is 0.481 e. The van der Waals surface area contributed by atoms with Crippen molar-refractivity contribution < 1.29 is 9.90 Å². The molecule has 0 amide bonds. The van der Waals surface area contributed by atoms with Crippen LogP contribution in [0.5, 0.6) is 0 Å². The molecule has 0 saturated carbocycles. The molecule has 0 bridgehead atoms. The zero-order valence-corrected chi connectivity index (χ0v) is 8.43. The van der Waals surface area contributed by atoms with Crippen molar-refractivity contribution in [1.29, 1.82) is 0 Å². The molecular formula is C8H18ClNO2. The quantitative estimate of drug-likeness (QED) is 0.699. The van der Waals surface area contributed by atoms with Crippen LogP contribution in [-0.2, 0) is 4.79 Å². The summed E-state index contributed by atoms with van der Waals surface area (Å²) < 4.78 is 0. The van der Waals surface area contributed by atoms with Gasteiger partial charge >= 0.3 is 5.97 Å². The van der Waals surface area contributed by atoms with Crippen LogP contribution >= 0.6 is 12.4 Å². The fraction of sp³-hybridized carbons (Fsp3) is 0.875. The maximum absolute atomic E-state index is 10.6. The van der Waals surface area contributed by atoms with Crippen molar-refractivity contribution in [1.82, 2.24) is 0 Å². The van der Waals surface area contributed by atoms with E-state index < -0.39 is 5.97 Å². The number of carboxylic acid groups (broad SMARTS) is 1. The maximum Gasteiger partial charge on any atom is 0.306 e. The van der Waals surface area contributed by atoms with Crippen LogP contribution in [0.3, 0.4) is 0 Å². The van der Waals surface area contributed by atoms with Gasteiger partial charge in [-0.1, -0.05) is 13.8 Å². The number of halogens is 1. The minimum atomic E-state index is -0.718. The predicted octanol–water partition coefficient (Wildman–Crippen LogP) is 1.50. The molecule has 0 aliphatic rings. The molecular weight excluding hydrogens is 178 g/mol. The Bertz CT molecular complexity index is 128. The number of rotatable bonds is 5. The zero-order chi connectivity index (χ0) is 8.85. The number of nitrogens with two attached hydrogens (primary N) is 1. The van der Waals surface area contributed by atoms with E-state index in [1.807, 2.05) is 13.8 Å². The van der Waals surface area contributed by atoms with E-state index in [1.165, 1.54) is 0 Å². The van der Waals surface area contributed by atoms with Gasteiger partial charge in [-0.3, -0.25) is 4.79 Å². The number of hydrogen-bond donors (Lipinski definition) is 2. The molecule has 0 fully saturated rings. The fourth-order valence-corrected chi connectivity index (χ4v) is 1.11. The first-order chi connectivity index (χ1) is 5.07. The van der Waals surface area contributed by atoms with Crippen molar-refractivity contribution in [3.8, 4) is 0 Å². The van der Waals surface area contributed by atoms with Crippen LogP contribution in [0.2, 0.25) is 0 Å². The van der Waals surface area contributed by atoms with E-state index >= 15 is 0 Å². The van der Waals surface area contributed by atoms with Crippen LogP contribution in [0.25, 0.3) is 0 Å². The summed E-state index contributed by atoms with van der Waals surface area (Å²) in [6.07, 6.45) is 1.32. The van der Waals surface area contributed by atoms with E-state index in [0.29, 0.717) is 18.9 Å². The lowest BCUT2D eigenvalue weighted by atomic mass is 9.94. The maximum atomic E-state index is 10.6. The van der Waals surface area contributed by atoms with Crippen molar-refractivity contribution in [2.75, 3.05) is 6.54 Å². The summed E-state index contributed by atoms with van der Waals surface area (Å²) in [5.74, 6) is -0.535. The molecule has 0 aliphatic carbocycles. The van der Waals surface area contributed by atoms with Gasteiger partial charge in [-0.2, -0.15) is 0 Å². The predicted molar refractivity (Wildman–Crippen MR) is 51.5 cm³/mol. The van der Waals surface area contributed by atoms with Crippen LogP contribution in [-0.4, -0.2) is 17.6 Å². The molecule has 0 aromatic carbocycles. The second kappa shape index (κ2) is 7.37. The van der Waals surface area contributed by atoms with Crippen molar-refractivity contribution in [3.05, 3.63) is 0 Å². The topological polar surface area (TPSA) is 63.3 Å². The monoisotopic (exact) mass is 195 g/mol. The first-order valence-corrected chi connectivity index (χ1v) is 4.00. The highest BCUT2D eigenvalue weighted by molar-refractivity contribution is 5.85. The summed E-state index contributed by atoms with van der Waals surface area (Å²) in [5.41, 5.74) is 5.28. The minimum Gasteiger partial charge on any atom is -0.481 e. The lowest BCUT2D eigenvalue weighted by molar-refractivity contribution is -0.142. The van der Waals surface area contributed by atoms with E-state index in [4.69, 9.17) is 10.8 Å². The standard InChI is InChI=1S/C8H17NO2.ClH/c1-6(2)5-7(3-4-9)8(10)11;/h6-7H,3-5,9H2,1-2H3,(H,10,11);1H/t7-;/m1./s1.